The fraction of sp³-hybridized carbons (Fsp3) is 0.125. The Morgan fingerprint density at radius 1 is 0.759 bits per heavy atom. The molecule has 0 amide bonds. The van der Waals surface area contributed by atoms with Crippen LogP contribution in [0.3, 0.4) is 0 Å². The molecule has 0 bridgehead atoms. The molecule has 1 aromatic rings. The van der Waals surface area contributed by atoms with Gasteiger partial charge in [-0.2, -0.15) is 0 Å². The molecular formula is C8H9B3F12LiO4S-3. The summed E-state index contributed by atoms with van der Waals surface area (Å²) >= 11 is 0. The Hall–Kier alpha value is -1.41. The Balaban J connectivity index is -0.000000104. The number of aromatic carboxylic acids is 1. The van der Waals surface area contributed by atoms with E-state index in [1.54, 1.807) is 0 Å². The molecule has 0 radical (unpaired) electrons. The van der Waals surface area contributed by atoms with Crippen molar-refractivity contribution in [3.8, 4) is 0 Å². The summed E-state index contributed by atoms with van der Waals surface area (Å²) in [5.74, 6) is -1.07. The van der Waals surface area contributed by atoms with Gasteiger partial charge in [-0.3, -0.25) is 0 Å². The summed E-state index contributed by atoms with van der Waals surface area (Å²) in [5, 5.41) is 8.53. The van der Waals surface area contributed by atoms with Gasteiger partial charge in [0.15, 0.2) is 9.84 Å². The maximum absolute atomic E-state index is 11.0. The largest absolute Gasteiger partial charge is 1.00 e. The van der Waals surface area contributed by atoms with Gasteiger partial charge in [0.25, 0.3) is 0 Å². The quantitative estimate of drug-likeness (QED) is 0.531. The number of benzene rings is 1. The maximum Gasteiger partial charge on any atom is 1.00 e. The van der Waals surface area contributed by atoms with Crippen molar-refractivity contribution in [2.24, 2.45) is 0 Å². The molecular weight excluding hydrogens is 460 g/mol. The van der Waals surface area contributed by atoms with E-state index in [1.165, 1.54) is 24.3 Å². The molecule has 0 fully saturated rings. The van der Waals surface area contributed by atoms with Crippen molar-refractivity contribution in [1.29, 1.82) is 0 Å². The minimum atomic E-state index is -6.00. The Bertz CT molecular complexity index is 649. The van der Waals surface area contributed by atoms with Crippen LogP contribution in [0, 0.1) is 0 Å². The van der Waals surface area contributed by atoms with E-state index >= 15 is 0 Å². The third-order valence-electron chi connectivity index (χ3n) is 1.53. The Labute approximate surface area is 169 Å². The fourth-order valence-electron chi connectivity index (χ4n) is 0.845. The summed E-state index contributed by atoms with van der Waals surface area (Å²) in [6.45, 7) is 0. The monoisotopic (exact) mass is 469 g/mol. The van der Waals surface area contributed by atoms with Crippen molar-refractivity contribution < 1.29 is 90.4 Å². The van der Waals surface area contributed by atoms with Crippen LogP contribution in [-0.4, -0.2) is 47.5 Å². The van der Waals surface area contributed by atoms with Gasteiger partial charge in [0, 0.05) is 6.26 Å². The molecule has 0 spiro atoms. The van der Waals surface area contributed by atoms with E-state index < -0.39 is 37.6 Å². The molecule has 0 aliphatic heterocycles. The molecule has 29 heavy (non-hydrogen) atoms. The summed E-state index contributed by atoms with van der Waals surface area (Å²) < 4.78 is 139. The van der Waals surface area contributed by atoms with Gasteiger partial charge in [0.2, 0.25) is 0 Å². The average Bonchev–Trinajstić information content (AvgIpc) is 2.31. The van der Waals surface area contributed by atoms with Gasteiger partial charge in [0.05, 0.1) is 10.5 Å². The van der Waals surface area contributed by atoms with E-state index in [4.69, 9.17) is 5.11 Å². The maximum atomic E-state index is 11.0. The third kappa shape index (κ3) is 46.5. The summed E-state index contributed by atoms with van der Waals surface area (Å²) in [6.07, 6.45) is 1.07. The zero-order chi connectivity index (χ0) is 23.6. The average molecular weight is 469 g/mol. The molecule has 4 nitrogen and oxygen atoms in total. The molecule has 0 atom stereocenters. The van der Waals surface area contributed by atoms with Crippen molar-refractivity contribution in [1.82, 2.24) is 0 Å². The van der Waals surface area contributed by atoms with Crippen molar-refractivity contribution in [3.63, 3.8) is 0 Å². The predicted molar refractivity (Wildman–Crippen MR) is 78.2 cm³/mol. The minimum absolute atomic E-state index is 0. The molecule has 1 rings (SSSR count). The molecule has 1 aromatic carbocycles. The molecule has 0 heterocycles. The van der Waals surface area contributed by atoms with E-state index in [0.29, 0.717) is 0 Å². The topological polar surface area (TPSA) is 71.4 Å². The minimum Gasteiger partial charge on any atom is -1.00 e. The first-order valence-corrected chi connectivity index (χ1v) is 7.95. The number of hydrogen-bond donors (Lipinski definition) is 1. The summed E-state index contributed by atoms with van der Waals surface area (Å²) in [4.78, 5) is 10.5. The van der Waals surface area contributed by atoms with E-state index in [0.717, 1.165) is 6.26 Å². The molecule has 0 saturated carbocycles. The Kier molecular flexibility index (Phi) is 16.6. The summed E-state index contributed by atoms with van der Waals surface area (Å²) in [6, 6.07) is 5.08. The second-order valence-corrected chi connectivity index (χ2v) is 6.10. The first kappa shape index (κ1) is 35.1. The molecule has 0 aromatic heterocycles. The van der Waals surface area contributed by atoms with Crippen LogP contribution in [0.1, 0.15) is 11.8 Å². The van der Waals surface area contributed by atoms with Crippen molar-refractivity contribution in [3.05, 3.63) is 29.8 Å². The molecule has 0 aliphatic carbocycles. The zero-order valence-corrected chi connectivity index (χ0v) is 15.0. The van der Waals surface area contributed by atoms with Crippen LogP contribution in [-0.2, 0) is 9.84 Å². The zero-order valence-electron chi connectivity index (χ0n) is 15.2. The number of hydrogen-bond acceptors (Lipinski definition) is 3. The van der Waals surface area contributed by atoms with Gasteiger partial charge in [-0.1, -0.05) is 0 Å². The van der Waals surface area contributed by atoms with Gasteiger partial charge in [-0.15, -0.1) is 0 Å². The standard InChI is InChI=1S/C8H8O4S.3BF4.Li.H/c1-13(11,12)7-4-2-6(3-5-7)8(9)10;3*2-1(3,4)5;;/h2-5H,1H3,(H,9,10);;;;;/q;3*-1;+1;-1. The van der Waals surface area contributed by atoms with Crippen LogP contribution in [0.2, 0.25) is 0 Å². The molecule has 168 valence electrons. The van der Waals surface area contributed by atoms with Crippen LogP contribution in [0.25, 0.3) is 0 Å². The number of halogens is 12. The van der Waals surface area contributed by atoms with Crippen molar-refractivity contribution >= 4 is 37.6 Å². The van der Waals surface area contributed by atoms with E-state index in [-0.39, 0.29) is 30.7 Å². The van der Waals surface area contributed by atoms with Crippen molar-refractivity contribution in [2.45, 2.75) is 4.90 Å². The van der Waals surface area contributed by atoms with Crippen LogP contribution in [0.5, 0.6) is 0 Å². The molecule has 0 saturated heterocycles. The normalized spacial score (nSPS) is 11.2. The molecule has 0 unspecified atom stereocenters. The predicted octanol–water partition coefficient (Wildman–Crippen LogP) is 1.80. The van der Waals surface area contributed by atoms with Gasteiger partial charge in [-0.05, 0) is 24.3 Å². The van der Waals surface area contributed by atoms with Crippen LogP contribution in [0.15, 0.2) is 29.2 Å². The van der Waals surface area contributed by atoms with Gasteiger partial charge >= 0.3 is 46.6 Å². The third-order valence-corrected chi connectivity index (χ3v) is 2.66. The SMILES string of the molecule is CS(=O)(=O)c1ccc(C(=O)O)cc1.F[B-](F)(F)F.F[B-](F)(F)F.F[B-](F)(F)F.[H-].[Li+]. The van der Waals surface area contributed by atoms with Crippen LogP contribution >= 0.6 is 0 Å². The Morgan fingerprint density at radius 2 is 0.966 bits per heavy atom. The van der Waals surface area contributed by atoms with Gasteiger partial charge in [-0.25, -0.2) is 13.2 Å². The molecule has 0 aliphatic rings. The molecule has 21 heteroatoms. The number of carboxylic acids is 1. The summed E-state index contributed by atoms with van der Waals surface area (Å²) in [5.41, 5.74) is 0.0763. The first-order valence-electron chi connectivity index (χ1n) is 6.06. The van der Waals surface area contributed by atoms with Gasteiger partial charge in [0.1, 0.15) is 0 Å². The Morgan fingerprint density at radius 3 is 1.10 bits per heavy atom. The number of rotatable bonds is 2. The van der Waals surface area contributed by atoms with E-state index in [9.17, 15) is 65.0 Å². The fourth-order valence-corrected chi connectivity index (χ4v) is 1.48. The van der Waals surface area contributed by atoms with Crippen molar-refractivity contribution in [2.75, 3.05) is 6.26 Å². The molecule has 1 N–H and O–H groups in total. The number of sulfone groups is 1. The van der Waals surface area contributed by atoms with Gasteiger partial charge < -0.3 is 58.3 Å². The smallest absolute Gasteiger partial charge is 1.00 e. The number of carbonyl (C=O) groups is 1. The van der Waals surface area contributed by atoms with Crippen LogP contribution in [0.4, 0.5) is 51.8 Å². The second-order valence-electron chi connectivity index (χ2n) is 4.09. The number of carboxylic acid groups (broad SMARTS) is 1. The summed E-state index contributed by atoms with van der Waals surface area (Å²) in [7, 11) is -21.2. The van der Waals surface area contributed by atoms with Crippen LogP contribution < -0.4 is 18.9 Å². The van der Waals surface area contributed by atoms with E-state index in [1.807, 2.05) is 0 Å². The van der Waals surface area contributed by atoms with E-state index in [2.05, 4.69) is 0 Å². The first-order chi connectivity index (χ1) is 11.9. The second kappa shape index (κ2) is 13.7.